The fourth-order valence-corrected chi connectivity index (χ4v) is 2.96. The fraction of sp³-hybridized carbons (Fsp3) is 0.615. The van der Waals surface area contributed by atoms with E-state index < -0.39 is 10.0 Å². The SMILES string of the molecule is CC(C)C1(CNC(=O)c2cc(S(N)(=O)=O)cn2C)CC1. The van der Waals surface area contributed by atoms with Gasteiger partial charge in [-0.25, -0.2) is 13.6 Å². The van der Waals surface area contributed by atoms with Crippen molar-refractivity contribution in [1.82, 2.24) is 9.88 Å². The van der Waals surface area contributed by atoms with Crippen LogP contribution < -0.4 is 10.5 Å². The number of hydrogen-bond acceptors (Lipinski definition) is 3. The minimum atomic E-state index is -3.78. The summed E-state index contributed by atoms with van der Waals surface area (Å²) in [7, 11) is -2.16. The molecule has 0 bridgehead atoms. The van der Waals surface area contributed by atoms with Crippen molar-refractivity contribution in [1.29, 1.82) is 0 Å². The van der Waals surface area contributed by atoms with Crippen molar-refractivity contribution in [3.05, 3.63) is 18.0 Å². The van der Waals surface area contributed by atoms with Crippen molar-refractivity contribution in [2.24, 2.45) is 23.5 Å². The second kappa shape index (κ2) is 4.89. The van der Waals surface area contributed by atoms with Crippen molar-refractivity contribution in [2.75, 3.05) is 6.54 Å². The Morgan fingerprint density at radius 2 is 2.10 bits per heavy atom. The van der Waals surface area contributed by atoms with Crippen LogP contribution in [0.3, 0.4) is 0 Å². The van der Waals surface area contributed by atoms with Gasteiger partial charge in [-0.1, -0.05) is 13.8 Å². The first-order valence-corrected chi connectivity index (χ1v) is 8.18. The Morgan fingerprint density at radius 3 is 2.50 bits per heavy atom. The van der Waals surface area contributed by atoms with Gasteiger partial charge in [0.05, 0.1) is 0 Å². The standard InChI is InChI=1S/C13H21N3O3S/c1-9(2)13(4-5-13)8-15-12(17)11-6-10(7-16(11)3)20(14,18)19/h6-7,9H,4-5,8H2,1-3H3,(H,15,17)(H2,14,18,19). The third-order valence-electron chi connectivity index (χ3n) is 4.26. The number of nitrogens with zero attached hydrogens (tertiary/aromatic N) is 1. The molecule has 1 heterocycles. The molecule has 0 saturated heterocycles. The number of hydrogen-bond donors (Lipinski definition) is 2. The summed E-state index contributed by atoms with van der Waals surface area (Å²) in [6, 6.07) is 1.31. The van der Waals surface area contributed by atoms with E-state index in [4.69, 9.17) is 5.14 Å². The number of aromatic nitrogens is 1. The van der Waals surface area contributed by atoms with E-state index in [1.807, 2.05) is 0 Å². The van der Waals surface area contributed by atoms with Gasteiger partial charge < -0.3 is 9.88 Å². The number of amides is 1. The van der Waals surface area contributed by atoms with Gasteiger partial charge in [-0.2, -0.15) is 0 Å². The normalized spacial score (nSPS) is 17.2. The van der Waals surface area contributed by atoms with E-state index in [-0.39, 0.29) is 16.2 Å². The second-order valence-electron chi connectivity index (χ2n) is 5.92. The predicted octanol–water partition coefficient (Wildman–Crippen LogP) is 0.838. The molecule has 0 radical (unpaired) electrons. The molecule has 0 aliphatic heterocycles. The molecule has 7 heteroatoms. The highest BCUT2D eigenvalue weighted by Crippen LogP contribution is 2.51. The lowest BCUT2D eigenvalue weighted by molar-refractivity contribution is 0.0931. The number of aryl methyl sites for hydroxylation is 1. The van der Waals surface area contributed by atoms with Gasteiger partial charge in [-0.15, -0.1) is 0 Å². The summed E-state index contributed by atoms with van der Waals surface area (Å²) in [6.07, 6.45) is 3.60. The Bertz CT molecular complexity index is 627. The first-order valence-electron chi connectivity index (χ1n) is 6.63. The lowest BCUT2D eigenvalue weighted by atomic mass is 9.92. The molecule has 0 aromatic carbocycles. The minimum Gasteiger partial charge on any atom is -0.350 e. The van der Waals surface area contributed by atoms with E-state index in [1.54, 1.807) is 7.05 Å². The summed E-state index contributed by atoms with van der Waals surface area (Å²) in [5.41, 5.74) is 0.512. The summed E-state index contributed by atoms with van der Waals surface area (Å²) in [4.78, 5) is 12.1. The number of carbonyl (C=O) groups excluding carboxylic acids is 1. The van der Waals surface area contributed by atoms with Crippen LogP contribution in [0, 0.1) is 11.3 Å². The number of nitrogens with two attached hydrogens (primary N) is 1. The highest BCUT2D eigenvalue weighted by atomic mass is 32.2. The topological polar surface area (TPSA) is 94.2 Å². The van der Waals surface area contributed by atoms with E-state index in [0.717, 1.165) is 12.8 Å². The molecule has 112 valence electrons. The highest BCUT2D eigenvalue weighted by molar-refractivity contribution is 7.89. The van der Waals surface area contributed by atoms with Gasteiger partial charge in [0, 0.05) is 19.8 Å². The van der Waals surface area contributed by atoms with Gasteiger partial charge in [0.1, 0.15) is 10.6 Å². The lowest BCUT2D eigenvalue weighted by Crippen LogP contribution is -2.33. The maximum atomic E-state index is 12.1. The van der Waals surface area contributed by atoms with Crippen molar-refractivity contribution >= 4 is 15.9 Å². The van der Waals surface area contributed by atoms with Gasteiger partial charge in [-0.05, 0) is 30.2 Å². The Kier molecular flexibility index (Phi) is 3.68. The largest absolute Gasteiger partial charge is 0.350 e. The van der Waals surface area contributed by atoms with Crippen molar-refractivity contribution in [3.63, 3.8) is 0 Å². The Hall–Kier alpha value is -1.34. The number of nitrogens with one attached hydrogen (secondary N) is 1. The number of sulfonamides is 1. The first-order chi connectivity index (χ1) is 9.16. The summed E-state index contributed by atoms with van der Waals surface area (Å²) in [5.74, 6) is 0.255. The number of rotatable bonds is 5. The lowest BCUT2D eigenvalue weighted by Gasteiger charge is -2.20. The quantitative estimate of drug-likeness (QED) is 0.843. The summed E-state index contributed by atoms with van der Waals surface area (Å²) in [5, 5.41) is 7.95. The molecule has 1 fully saturated rings. The van der Waals surface area contributed by atoms with Crippen LogP contribution in [-0.4, -0.2) is 25.4 Å². The van der Waals surface area contributed by atoms with E-state index in [9.17, 15) is 13.2 Å². The molecule has 1 amide bonds. The Morgan fingerprint density at radius 1 is 1.50 bits per heavy atom. The molecule has 0 spiro atoms. The highest BCUT2D eigenvalue weighted by Gasteiger charge is 2.45. The predicted molar refractivity (Wildman–Crippen MR) is 75.6 cm³/mol. The average molecular weight is 299 g/mol. The van der Waals surface area contributed by atoms with Gasteiger partial charge in [0.15, 0.2) is 0 Å². The van der Waals surface area contributed by atoms with Crippen LogP contribution in [-0.2, 0) is 17.1 Å². The van der Waals surface area contributed by atoms with Crippen LogP contribution in [0.5, 0.6) is 0 Å². The summed E-state index contributed by atoms with van der Waals surface area (Å²) >= 11 is 0. The smallest absolute Gasteiger partial charge is 0.267 e. The van der Waals surface area contributed by atoms with Crippen LogP contribution in [0.2, 0.25) is 0 Å². The fourth-order valence-electron chi connectivity index (χ4n) is 2.38. The zero-order chi connectivity index (χ0) is 15.1. The second-order valence-corrected chi connectivity index (χ2v) is 7.48. The van der Waals surface area contributed by atoms with Gasteiger partial charge in [-0.3, -0.25) is 4.79 Å². The molecular weight excluding hydrogens is 278 g/mol. The average Bonchev–Trinajstić information content (AvgIpc) is 3.02. The van der Waals surface area contributed by atoms with Crippen molar-refractivity contribution < 1.29 is 13.2 Å². The molecule has 1 saturated carbocycles. The minimum absolute atomic E-state index is 0.0462. The molecule has 0 atom stereocenters. The van der Waals surface area contributed by atoms with Gasteiger partial charge >= 0.3 is 0 Å². The van der Waals surface area contributed by atoms with E-state index >= 15 is 0 Å². The molecule has 6 nitrogen and oxygen atoms in total. The molecule has 1 aliphatic rings. The van der Waals surface area contributed by atoms with Crippen LogP contribution in [0.15, 0.2) is 17.2 Å². The van der Waals surface area contributed by atoms with Gasteiger partial charge in [0.2, 0.25) is 10.0 Å². The third-order valence-corrected chi connectivity index (χ3v) is 5.14. The monoisotopic (exact) mass is 299 g/mol. The Labute approximate surface area is 119 Å². The van der Waals surface area contributed by atoms with E-state index in [1.165, 1.54) is 16.8 Å². The maximum Gasteiger partial charge on any atom is 0.267 e. The Balaban J connectivity index is 2.09. The summed E-state index contributed by atoms with van der Waals surface area (Å²) in [6.45, 7) is 4.93. The van der Waals surface area contributed by atoms with Crippen LogP contribution in [0.25, 0.3) is 0 Å². The van der Waals surface area contributed by atoms with E-state index in [2.05, 4.69) is 19.2 Å². The van der Waals surface area contributed by atoms with Crippen molar-refractivity contribution in [2.45, 2.75) is 31.6 Å². The molecule has 0 unspecified atom stereocenters. The molecule has 3 N–H and O–H groups in total. The third kappa shape index (κ3) is 2.88. The molecule has 1 aromatic heterocycles. The molecule has 1 aromatic rings. The molecule has 2 rings (SSSR count). The first kappa shape index (κ1) is 15.1. The summed E-state index contributed by atoms with van der Waals surface area (Å²) < 4.78 is 24.0. The van der Waals surface area contributed by atoms with Crippen LogP contribution in [0.4, 0.5) is 0 Å². The maximum absolute atomic E-state index is 12.1. The van der Waals surface area contributed by atoms with Crippen LogP contribution in [0.1, 0.15) is 37.2 Å². The zero-order valence-corrected chi connectivity index (χ0v) is 12.8. The van der Waals surface area contributed by atoms with Crippen LogP contribution >= 0.6 is 0 Å². The van der Waals surface area contributed by atoms with Gasteiger partial charge in [0.25, 0.3) is 5.91 Å². The number of carbonyl (C=O) groups is 1. The van der Waals surface area contributed by atoms with Crippen molar-refractivity contribution in [3.8, 4) is 0 Å². The molecule has 20 heavy (non-hydrogen) atoms. The van der Waals surface area contributed by atoms with E-state index in [0.29, 0.717) is 18.2 Å². The molecule has 1 aliphatic carbocycles. The number of primary sulfonamides is 1. The zero-order valence-electron chi connectivity index (χ0n) is 12.0. The molecular formula is C13H21N3O3S.